The molecule has 2 aromatic rings. The average molecular weight is 401 g/mol. The van der Waals surface area contributed by atoms with Crippen LogP contribution in [0.1, 0.15) is 18.2 Å². The van der Waals surface area contributed by atoms with Crippen LogP contribution >= 0.6 is 0 Å². The molecule has 152 valence electrons. The molecule has 2 unspecified atom stereocenters. The zero-order chi connectivity index (χ0) is 20.7. The Hall–Kier alpha value is -2.27. The van der Waals surface area contributed by atoms with Gasteiger partial charge in [0.25, 0.3) is 0 Å². The van der Waals surface area contributed by atoms with Gasteiger partial charge in [-0.25, -0.2) is 9.37 Å². The monoisotopic (exact) mass is 401 g/mol. The number of aliphatic hydroxyl groups is 2. The summed E-state index contributed by atoms with van der Waals surface area (Å²) in [6.07, 6.45) is -5.10. The van der Waals surface area contributed by atoms with Crippen molar-refractivity contribution in [2.75, 3.05) is 19.9 Å². The van der Waals surface area contributed by atoms with E-state index in [1.165, 1.54) is 12.1 Å². The largest absolute Gasteiger partial charge is 0.489 e. The lowest BCUT2D eigenvalue weighted by Gasteiger charge is -2.31. The highest BCUT2D eigenvalue weighted by Gasteiger charge is 2.56. The molecule has 1 aliphatic heterocycles. The molecule has 1 aliphatic rings. The summed E-state index contributed by atoms with van der Waals surface area (Å²) in [6, 6.07) is 6.01. The number of hydrogen-bond donors (Lipinski definition) is 4. The van der Waals surface area contributed by atoms with Gasteiger partial charge in [0.05, 0.1) is 18.0 Å². The van der Waals surface area contributed by atoms with Gasteiger partial charge in [0.2, 0.25) is 5.60 Å². The van der Waals surface area contributed by atoms with Crippen LogP contribution < -0.4 is 15.8 Å². The topological polar surface area (TPSA) is 101 Å². The number of aromatic nitrogens is 1. The highest BCUT2D eigenvalue weighted by atomic mass is 19.4. The van der Waals surface area contributed by atoms with Crippen molar-refractivity contribution < 1.29 is 32.5 Å². The molecule has 28 heavy (non-hydrogen) atoms. The Morgan fingerprint density at radius 1 is 1.29 bits per heavy atom. The summed E-state index contributed by atoms with van der Waals surface area (Å²) in [5.41, 5.74) is 1.49. The maximum absolute atomic E-state index is 13.7. The van der Waals surface area contributed by atoms with E-state index < -0.39 is 42.1 Å². The minimum Gasteiger partial charge on any atom is -0.489 e. The number of benzene rings is 1. The van der Waals surface area contributed by atoms with Crippen LogP contribution in [0, 0.1) is 5.82 Å². The second-order valence-electron chi connectivity index (χ2n) is 6.89. The number of ether oxygens (including phenoxy) is 1. The fourth-order valence-corrected chi connectivity index (χ4v) is 2.99. The summed E-state index contributed by atoms with van der Waals surface area (Å²) in [5.74, 6) is -0.347. The van der Waals surface area contributed by atoms with Crippen molar-refractivity contribution in [1.82, 2.24) is 10.3 Å². The summed E-state index contributed by atoms with van der Waals surface area (Å²) in [7, 11) is 0. The predicted molar refractivity (Wildman–Crippen MR) is 91.7 cm³/mol. The number of nitrogens with zero attached hydrogens (tertiary/aromatic N) is 1. The number of nitrogens with two attached hydrogens (primary N) is 1. The molecule has 0 saturated heterocycles. The van der Waals surface area contributed by atoms with E-state index in [0.29, 0.717) is 5.56 Å². The highest BCUT2D eigenvalue weighted by Crippen LogP contribution is 2.46. The van der Waals surface area contributed by atoms with Gasteiger partial charge in [-0.1, -0.05) is 0 Å². The molecule has 0 radical (unpaired) electrons. The molecular weight excluding hydrogens is 382 g/mol. The summed E-state index contributed by atoms with van der Waals surface area (Å²) in [5, 5.41) is 21.4. The second kappa shape index (κ2) is 6.96. The third-order valence-corrected chi connectivity index (χ3v) is 4.61. The molecule has 2 heterocycles. The molecule has 0 bridgehead atoms. The molecule has 1 aromatic carbocycles. The lowest BCUT2D eigenvalue weighted by Crippen LogP contribution is -2.50. The standard InChI is InChI=1S/C18H19F4N3O3/c1-16(23)8-28-15-12(16)6-13(17(27,7-24-9-26)18(20,21)22)25-14(15)10-2-4-11(19)5-3-10/h2-6,24,26-27H,7-9,23H2,1H3. The Bertz CT molecular complexity index is 872. The third kappa shape index (κ3) is 3.44. The van der Waals surface area contributed by atoms with Crippen molar-refractivity contribution in [2.45, 2.75) is 24.2 Å². The quantitative estimate of drug-likeness (QED) is 0.450. The Kier molecular flexibility index (Phi) is 5.09. The number of alkyl halides is 3. The summed E-state index contributed by atoms with van der Waals surface area (Å²) < 4.78 is 60.0. The lowest BCUT2D eigenvalue weighted by molar-refractivity contribution is -0.266. The molecule has 10 heteroatoms. The first-order valence-corrected chi connectivity index (χ1v) is 8.34. The van der Waals surface area contributed by atoms with Crippen LogP contribution in [0.2, 0.25) is 0 Å². The van der Waals surface area contributed by atoms with E-state index in [2.05, 4.69) is 10.3 Å². The first-order chi connectivity index (χ1) is 13.0. The molecule has 1 aromatic heterocycles. The first kappa shape index (κ1) is 20.5. The number of hydrogen-bond acceptors (Lipinski definition) is 6. The Morgan fingerprint density at radius 2 is 1.93 bits per heavy atom. The molecule has 2 atom stereocenters. The number of aliphatic hydroxyl groups excluding tert-OH is 1. The number of rotatable bonds is 5. The second-order valence-corrected chi connectivity index (χ2v) is 6.89. The predicted octanol–water partition coefficient (Wildman–Crippen LogP) is 1.74. The fraction of sp³-hybridized carbons (Fsp3) is 0.389. The fourth-order valence-electron chi connectivity index (χ4n) is 2.99. The van der Waals surface area contributed by atoms with Gasteiger partial charge in [-0.05, 0) is 37.3 Å². The van der Waals surface area contributed by atoms with Gasteiger partial charge in [-0.15, -0.1) is 0 Å². The van der Waals surface area contributed by atoms with Crippen molar-refractivity contribution >= 4 is 0 Å². The molecule has 0 aliphatic carbocycles. The van der Waals surface area contributed by atoms with Gasteiger partial charge >= 0.3 is 6.18 Å². The SMILES string of the molecule is CC1(N)COc2c1cc(C(O)(CNCO)C(F)(F)F)nc2-c1ccc(F)cc1. The Morgan fingerprint density at radius 3 is 2.50 bits per heavy atom. The molecule has 0 fully saturated rings. The minimum absolute atomic E-state index is 0.000990. The third-order valence-electron chi connectivity index (χ3n) is 4.61. The van der Waals surface area contributed by atoms with Gasteiger partial charge in [0, 0.05) is 17.7 Å². The summed E-state index contributed by atoms with van der Waals surface area (Å²) >= 11 is 0. The van der Waals surface area contributed by atoms with Crippen molar-refractivity contribution in [3.05, 3.63) is 47.4 Å². The zero-order valence-corrected chi connectivity index (χ0v) is 14.8. The lowest BCUT2D eigenvalue weighted by atomic mass is 9.89. The van der Waals surface area contributed by atoms with Crippen molar-refractivity contribution in [1.29, 1.82) is 0 Å². The van der Waals surface area contributed by atoms with E-state index in [1.54, 1.807) is 6.92 Å². The van der Waals surface area contributed by atoms with Crippen LogP contribution in [0.15, 0.2) is 30.3 Å². The minimum atomic E-state index is -5.10. The maximum Gasteiger partial charge on any atom is 0.424 e. The average Bonchev–Trinajstić information content (AvgIpc) is 2.94. The van der Waals surface area contributed by atoms with E-state index in [1.807, 2.05) is 0 Å². The van der Waals surface area contributed by atoms with E-state index in [-0.39, 0.29) is 23.6 Å². The smallest absolute Gasteiger partial charge is 0.424 e. The van der Waals surface area contributed by atoms with Crippen LogP contribution in [0.5, 0.6) is 5.75 Å². The van der Waals surface area contributed by atoms with Crippen molar-refractivity contribution in [3.63, 3.8) is 0 Å². The van der Waals surface area contributed by atoms with E-state index in [4.69, 9.17) is 15.6 Å². The molecule has 5 N–H and O–H groups in total. The van der Waals surface area contributed by atoms with Gasteiger partial charge < -0.3 is 20.7 Å². The Labute approximate surface area is 158 Å². The van der Waals surface area contributed by atoms with Crippen LogP contribution in [0.25, 0.3) is 11.3 Å². The molecule has 3 rings (SSSR count). The maximum atomic E-state index is 13.7. The molecule has 0 amide bonds. The molecule has 6 nitrogen and oxygen atoms in total. The van der Waals surface area contributed by atoms with Gasteiger partial charge in [0.15, 0.2) is 5.75 Å². The first-order valence-electron chi connectivity index (χ1n) is 8.34. The van der Waals surface area contributed by atoms with Crippen LogP contribution in [0.3, 0.4) is 0 Å². The normalized spacial score (nSPS) is 21.1. The number of nitrogens with one attached hydrogen (secondary N) is 1. The summed E-state index contributed by atoms with van der Waals surface area (Å²) in [6.45, 7) is -0.216. The van der Waals surface area contributed by atoms with Gasteiger partial charge in [-0.3, -0.25) is 5.32 Å². The zero-order valence-electron chi connectivity index (χ0n) is 14.8. The van der Waals surface area contributed by atoms with Crippen LogP contribution in [-0.2, 0) is 11.1 Å². The Balaban J connectivity index is 2.25. The van der Waals surface area contributed by atoms with Gasteiger partial charge in [0.1, 0.15) is 18.1 Å². The van der Waals surface area contributed by atoms with Crippen molar-refractivity contribution in [2.24, 2.45) is 5.73 Å². The van der Waals surface area contributed by atoms with E-state index in [0.717, 1.165) is 18.2 Å². The number of pyridine rings is 1. The van der Waals surface area contributed by atoms with Crippen LogP contribution in [0.4, 0.5) is 17.6 Å². The number of fused-ring (bicyclic) bond motifs is 1. The van der Waals surface area contributed by atoms with E-state index in [9.17, 15) is 22.7 Å². The molecular formula is C18H19F4N3O3. The highest BCUT2D eigenvalue weighted by molar-refractivity contribution is 5.70. The number of halogens is 4. The molecule has 0 spiro atoms. The van der Waals surface area contributed by atoms with Gasteiger partial charge in [-0.2, -0.15) is 13.2 Å². The molecule has 0 saturated carbocycles. The van der Waals surface area contributed by atoms with Crippen LogP contribution in [-0.4, -0.2) is 41.3 Å². The summed E-state index contributed by atoms with van der Waals surface area (Å²) in [4.78, 5) is 4.01. The van der Waals surface area contributed by atoms with E-state index >= 15 is 0 Å². The van der Waals surface area contributed by atoms with Crippen molar-refractivity contribution in [3.8, 4) is 17.0 Å².